The Labute approximate surface area is 162 Å². The molecule has 0 aliphatic carbocycles. The van der Waals surface area contributed by atoms with Gasteiger partial charge in [-0.05, 0) is 49.4 Å². The smallest absolute Gasteiger partial charge is 0.335 e. The van der Waals surface area contributed by atoms with E-state index in [1.165, 1.54) is 24.5 Å². The molecule has 0 amide bonds. The van der Waals surface area contributed by atoms with Crippen LogP contribution in [0.5, 0.6) is 5.75 Å². The molecule has 1 aliphatic rings. The van der Waals surface area contributed by atoms with Crippen molar-refractivity contribution < 1.29 is 33.0 Å². The van der Waals surface area contributed by atoms with Gasteiger partial charge in [-0.15, -0.1) is 0 Å². The van der Waals surface area contributed by atoms with Gasteiger partial charge in [-0.3, -0.25) is 5.32 Å². The minimum Gasteiger partial charge on any atom is -0.478 e. The minimum atomic E-state index is -3.16. The second-order valence-corrected chi connectivity index (χ2v) is 8.18. The zero-order valence-electron chi connectivity index (χ0n) is 15.4. The monoisotopic (exact) mass is 407 g/mol. The summed E-state index contributed by atoms with van der Waals surface area (Å²) in [7, 11) is -1.33. The van der Waals surface area contributed by atoms with Gasteiger partial charge < -0.3 is 14.9 Å². The maximum atomic E-state index is 11.4. The van der Waals surface area contributed by atoms with Gasteiger partial charge in [-0.2, -0.15) is 0 Å². The Morgan fingerprint density at radius 2 is 1.68 bits per heavy atom. The fourth-order valence-corrected chi connectivity index (χ4v) is 3.21. The van der Waals surface area contributed by atoms with Gasteiger partial charge in [0, 0.05) is 12.7 Å². The first-order valence-electron chi connectivity index (χ1n) is 8.35. The number of rotatable bonds is 4. The van der Waals surface area contributed by atoms with E-state index in [9.17, 15) is 18.0 Å². The lowest BCUT2D eigenvalue weighted by Gasteiger charge is -2.25. The molecule has 0 fully saturated rings. The van der Waals surface area contributed by atoms with Crippen molar-refractivity contribution in [2.45, 2.75) is 24.0 Å². The van der Waals surface area contributed by atoms with E-state index in [4.69, 9.17) is 14.9 Å². The Kier molecular flexibility index (Phi) is 6.76. The maximum Gasteiger partial charge on any atom is 0.335 e. The lowest BCUT2D eigenvalue weighted by atomic mass is 10.1. The van der Waals surface area contributed by atoms with Gasteiger partial charge in [0.25, 0.3) is 0 Å². The van der Waals surface area contributed by atoms with Crippen LogP contribution in [0, 0.1) is 0 Å². The van der Waals surface area contributed by atoms with Crippen LogP contribution in [0.15, 0.2) is 47.4 Å². The molecule has 0 saturated heterocycles. The summed E-state index contributed by atoms with van der Waals surface area (Å²) < 4.78 is 28.4. The van der Waals surface area contributed by atoms with E-state index in [1.807, 2.05) is 13.1 Å². The average molecular weight is 407 g/mol. The van der Waals surface area contributed by atoms with Crippen molar-refractivity contribution in [3.63, 3.8) is 0 Å². The van der Waals surface area contributed by atoms with E-state index in [0.717, 1.165) is 24.5 Å². The first-order chi connectivity index (χ1) is 13.1. The van der Waals surface area contributed by atoms with Crippen LogP contribution in [0.3, 0.4) is 0 Å². The number of carboxylic acids is 2. The van der Waals surface area contributed by atoms with Crippen molar-refractivity contribution in [2.75, 3.05) is 13.3 Å². The number of hydrogen-bond acceptors (Lipinski definition) is 6. The Bertz CT molecular complexity index is 956. The Morgan fingerprint density at radius 3 is 2.18 bits per heavy atom. The molecule has 1 aliphatic heterocycles. The van der Waals surface area contributed by atoms with Gasteiger partial charge >= 0.3 is 11.9 Å². The predicted octanol–water partition coefficient (Wildman–Crippen LogP) is 2.04. The summed E-state index contributed by atoms with van der Waals surface area (Å²) in [5, 5.41) is 20.0. The number of aromatic carboxylic acids is 2. The van der Waals surface area contributed by atoms with E-state index in [0.29, 0.717) is 10.6 Å². The van der Waals surface area contributed by atoms with E-state index in [2.05, 4.69) is 5.32 Å². The van der Waals surface area contributed by atoms with Gasteiger partial charge in [0.2, 0.25) is 0 Å². The molecule has 2 aromatic carbocycles. The largest absolute Gasteiger partial charge is 0.478 e. The molecule has 0 bridgehead atoms. The van der Waals surface area contributed by atoms with E-state index in [1.54, 1.807) is 12.1 Å². The molecule has 0 spiro atoms. The van der Waals surface area contributed by atoms with Crippen LogP contribution in [0.25, 0.3) is 0 Å². The fourth-order valence-electron chi connectivity index (χ4n) is 2.57. The van der Waals surface area contributed by atoms with Crippen molar-refractivity contribution >= 4 is 21.8 Å². The van der Waals surface area contributed by atoms with Crippen molar-refractivity contribution in [1.82, 2.24) is 5.32 Å². The van der Waals surface area contributed by atoms with Gasteiger partial charge in [0.05, 0.1) is 16.0 Å². The van der Waals surface area contributed by atoms with Crippen LogP contribution in [-0.2, 0) is 16.3 Å². The number of aryl methyl sites for hydroxylation is 1. The first kappa shape index (κ1) is 21.4. The molecule has 2 aromatic rings. The summed E-state index contributed by atoms with van der Waals surface area (Å²) in [5.41, 5.74) is 1.03. The van der Waals surface area contributed by atoms with Crippen LogP contribution in [0.1, 0.15) is 32.7 Å². The summed E-state index contributed by atoms with van der Waals surface area (Å²) in [6, 6.07) is 10.3. The highest BCUT2D eigenvalue weighted by atomic mass is 32.2. The van der Waals surface area contributed by atoms with Crippen molar-refractivity contribution in [1.29, 1.82) is 0 Å². The first-order valence-corrected chi connectivity index (χ1v) is 10.2. The maximum absolute atomic E-state index is 11.4. The van der Waals surface area contributed by atoms with Gasteiger partial charge in [-0.1, -0.05) is 12.1 Å². The quantitative estimate of drug-likeness (QED) is 0.702. The molecule has 8 nitrogen and oxygen atoms in total. The molecule has 3 N–H and O–H groups in total. The van der Waals surface area contributed by atoms with Crippen LogP contribution in [0.2, 0.25) is 0 Å². The molecule has 0 aromatic heterocycles. The Morgan fingerprint density at radius 1 is 1.07 bits per heavy atom. The van der Waals surface area contributed by atoms with Crippen molar-refractivity contribution in [3.05, 3.63) is 59.2 Å². The lowest BCUT2D eigenvalue weighted by molar-refractivity contribution is 0.0696. The number of nitrogens with one attached hydrogen (secondary N) is 1. The fraction of sp³-hybridized carbons (Fsp3) is 0.263. The number of carbonyl (C=O) groups is 2. The van der Waals surface area contributed by atoms with Crippen LogP contribution >= 0.6 is 0 Å². The third-order valence-electron chi connectivity index (χ3n) is 4.09. The summed E-state index contributed by atoms with van der Waals surface area (Å²) in [6.45, 7) is 0. The highest BCUT2D eigenvalue weighted by molar-refractivity contribution is 7.90. The standard InChI is InChI=1S/C11H15NO3S.C8H6O4/c1-12-11-6-4-8-3-5-9(16(2,13)14)7-10(8)15-11;9-7(10)5-2-1-3-6(4-5)8(11)12/h3,5,7,11-12H,4,6H2,1-2H3;1-4H,(H,9,10)(H,11,12). The molecule has 9 heteroatoms. The number of hydrogen-bond donors (Lipinski definition) is 3. The second-order valence-electron chi connectivity index (χ2n) is 6.17. The molecule has 150 valence electrons. The van der Waals surface area contributed by atoms with Crippen LogP contribution < -0.4 is 10.1 Å². The highest BCUT2D eigenvalue weighted by Gasteiger charge is 2.20. The normalized spacial score (nSPS) is 15.4. The Hall–Kier alpha value is -2.91. The molecule has 1 unspecified atom stereocenters. The van der Waals surface area contributed by atoms with E-state index < -0.39 is 21.8 Å². The van der Waals surface area contributed by atoms with Gasteiger partial charge in [-0.25, -0.2) is 18.0 Å². The summed E-state index contributed by atoms with van der Waals surface area (Å²) in [4.78, 5) is 21.1. The third-order valence-corrected chi connectivity index (χ3v) is 5.20. The lowest BCUT2D eigenvalue weighted by Crippen LogP contribution is -2.34. The summed E-state index contributed by atoms with van der Waals surface area (Å²) >= 11 is 0. The van der Waals surface area contributed by atoms with Crippen molar-refractivity contribution in [2.24, 2.45) is 0 Å². The number of fused-ring (bicyclic) bond motifs is 1. The summed E-state index contributed by atoms with van der Waals surface area (Å²) in [5.74, 6) is -1.58. The average Bonchev–Trinajstić information content (AvgIpc) is 2.67. The molecular formula is C19H21NO7S. The second kappa shape index (κ2) is 8.85. The number of benzene rings is 2. The number of carboxylic acid groups (broad SMARTS) is 2. The summed E-state index contributed by atoms with van der Waals surface area (Å²) in [6.07, 6.45) is 2.99. The van der Waals surface area contributed by atoms with E-state index >= 15 is 0 Å². The molecule has 3 rings (SSSR count). The van der Waals surface area contributed by atoms with Crippen LogP contribution in [0.4, 0.5) is 0 Å². The molecular weight excluding hydrogens is 386 g/mol. The third kappa shape index (κ3) is 5.54. The van der Waals surface area contributed by atoms with Crippen molar-refractivity contribution in [3.8, 4) is 5.75 Å². The highest BCUT2D eigenvalue weighted by Crippen LogP contribution is 2.29. The molecule has 1 atom stereocenters. The zero-order chi connectivity index (χ0) is 20.9. The van der Waals surface area contributed by atoms with E-state index in [-0.39, 0.29) is 17.4 Å². The van der Waals surface area contributed by atoms with Crippen LogP contribution in [-0.4, -0.2) is 50.1 Å². The zero-order valence-corrected chi connectivity index (χ0v) is 16.2. The molecule has 1 heterocycles. The van der Waals surface area contributed by atoms with Gasteiger partial charge in [0.1, 0.15) is 12.0 Å². The molecule has 28 heavy (non-hydrogen) atoms. The van der Waals surface area contributed by atoms with Gasteiger partial charge in [0.15, 0.2) is 9.84 Å². The predicted molar refractivity (Wildman–Crippen MR) is 102 cm³/mol. The molecule has 0 saturated carbocycles. The Balaban J connectivity index is 0.000000209. The SMILES string of the molecule is CNC1CCc2ccc(S(C)(=O)=O)cc2O1.O=C(O)c1cccc(C(=O)O)c1. The topological polar surface area (TPSA) is 130 Å². The number of ether oxygens (including phenoxy) is 1. The minimum absolute atomic E-state index is 0.0186. The molecule has 0 radical (unpaired) electrons. The number of sulfone groups is 1.